The van der Waals surface area contributed by atoms with Crippen LogP contribution in [0.4, 0.5) is 16.0 Å². The highest BCUT2D eigenvalue weighted by Gasteiger charge is 2.26. The van der Waals surface area contributed by atoms with Gasteiger partial charge in [0.2, 0.25) is 11.9 Å². The number of hydrogen-bond donors (Lipinski definition) is 1. The molecule has 0 bridgehead atoms. The van der Waals surface area contributed by atoms with Crippen LogP contribution in [0.2, 0.25) is 0 Å². The normalized spacial score (nSPS) is 14.3. The minimum absolute atomic E-state index is 0.175. The number of nitrogens with one attached hydrogen (secondary N) is 1. The van der Waals surface area contributed by atoms with Gasteiger partial charge in [-0.1, -0.05) is 28.1 Å². The van der Waals surface area contributed by atoms with Gasteiger partial charge in [-0.25, -0.2) is 9.18 Å². The first-order chi connectivity index (χ1) is 18.2. The molecule has 38 heavy (non-hydrogen) atoms. The minimum Gasteiger partial charge on any atom is -0.340 e. The molecule has 10 nitrogen and oxygen atoms in total. The van der Waals surface area contributed by atoms with Gasteiger partial charge in [0.1, 0.15) is 5.82 Å². The predicted molar refractivity (Wildman–Crippen MR) is 147 cm³/mol. The number of benzene rings is 2. The van der Waals surface area contributed by atoms with E-state index >= 15 is 0 Å². The largest absolute Gasteiger partial charge is 0.340 e. The van der Waals surface area contributed by atoms with Gasteiger partial charge in [-0.2, -0.15) is 4.98 Å². The standard InChI is InChI=1S/C26H27BrFN7O3/c1-31-23-22(24(37)32(2)26(31)38)35(15-17-3-5-18(27)6-4-17)25(30-23)34-13-11-33(12-14-34)16-21(36)29-20-9-7-19(28)8-10-20/h3-10H,11-16H2,1-2H3,(H,29,36). The number of anilines is 2. The SMILES string of the molecule is Cn1c(=O)c2c(nc(N3CCN(CC(=O)Nc4ccc(F)cc4)CC3)n2Cc2ccc(Br)cc2)n(C)c1=O. The van der Waals surface area contributed by atoms with Crippen LogP contribution in [0.1, 0.15) is 5.56 Å². The molecule has 0 unspecified atom stereocenters. The molecule has 0 radical (unpaired) electrons. The van der Waals surface area contributed by atoms with E-state index in [-0.39, 0.29) is 18.3 Å². The Morgan fingerprint density at radius 1 is 0.974 bits per heavy atom. The van der Waals surface area contributed by atoms with Gasteiger partial charge in [0.05, 0.1) is 13.1 Å². The summed E-state index contributed by atoms with van der Waals surface area (Å²) in [4.78, 5) is 47.2. The lowest BCUT2D eigenvalue weighted by atomic mass is 10.2. The minimum atomic E-state index is -0.431. The summed E-state index contributed by atoms with van der Waals surface area (Å²) in [5, 5.41) is 2.79. The number of amides is 1. The number of nitrogens with zero attached hydrogens (tertiary/aromatic N) is 6. The van der Waals surface area contributed by atoms with E-state index in [2.05, 4.69) is 26.1 Å². The molecule has 1 saturated heterocycles. The smallest absolute Gasteiger partial charge is 0.332 e. The molecule has 1 aliphatic rings. The third-order valence-electron chi connectivity index (χ3n) is 6.73. The van der Waals surface area contributed by atoms with E-state index < -0.39 is 11.2 Å². The van der Waals surface area contributed by atoms with Crippen molar-refractivity contribution in [2.24, 2.45) is 14.1 Å². The zero-order chi connectivity index (χ0) is 27.0. The number of fused-ring (bicyclic) bond motifs is 1. The van der Waals surface area contributed by atoms with Crippen molar-refractivity contribution in [1.29, 1.82) is 0 Å². The topological polar surface area (TPSA) is 97.4 Å². The number of aromatic nitrogens is 4. The number of halogens is 2. The van der Waals surface area contributed by atoms with Crippen LogP contribution < -0.4 is 21.5 Å². The maximum atomic E-state index is 13.2. The Balaban J connectivity index is 1.38. The van der Waals surface area contributed by atoms with E-state index in [0.29, 0.717) is 55.5 Å². The first-order valence-corrected chi connectivity index (χ1v) is 12.9. The van der Waals surface area contributed by atoms with Gasteiger partial charge in [-0.15, -0.1) is 0 Å². The highest BCUT2D eigenvalue weighted by molar-refractivity contribution is 9.10. The van der Waals surface area contributed by atoms with Crippen molar-refractivity contribution in [2.45, 2.75) is 6.54 Å². The molecule has 12 heteroatoms. The van der Waals surface area contributed by atoms with Gasteiger partial charge in [0.25, 0.3) is 5.56 Å². The number of aryl methyl sites for hydroxylation is 1. The van der Waals surface area contributed by atoms with E-state index in [9.17, 15) is 18.8 Å². The molecule has 2 aromatic carbocycles. The van der Waals surface area contributed by atoms with Crippen molar-refractivity contribution in [3.8, 4) is 0 Å². The number of piperazine rings is 1. The maximum absolute atomic E-state index is 13.2. The van der Waals surface area contributed by atoms with Gasteiger partial charge in [0.15, 0.2) is 11.2 Å². The molecule has 1 amide bonds. The van der Waals surface area contributed by atoms with Crippen molar-refractivity contribution in [3.63, 3.8) is 0 Å². The van der Waals surface area contributed by atoms with Crippen LogP contribution in [0.15, 0.2) is 62.6 Å². The first kappa shape index (κ1) is 25.9. The Bertz CT molecular complexity index is 1600. The average molecular weight is 584 g/mol. The van der Waals surface area contributed by atoms with E-state index in [1.165, 1.54) is 35.9 Å². The second kappa shape index (κ2) is 10.5. The number of hydrogen-bond acceptors (Lipinski definition) is 6. The van der Waals surface area contributed by atoms with Gasteiger partial charge in [-0.05, 0) is 42.0 Å². The molecule has 2 aromatic heterocycles. The lowest BCUT2D eigenvalue weighted by molar-refractivity contribution is -0.117. The quantitative estimate of drug-likeness (QED) is 0.373. The van der Waals surface area contributed by atoms with Crippen molar-refractivity contribution in [3.05, 3.63) is 85.2 Å². The van der Waals surface area contributed by atoms with Gasteiger partial charge in [0, 0.05) is 50.4 Å². The number of rotatable bonds is 6. The van der Waals surface area contributed by atoms with E-state index in [1.807, 2.05) is 33.7 Å². The first-order valence-electron chi connectivity index (χ1n) is 12.1. The monoisotopic (exact) mass is 583 g/mol. The number of carbonyl (C=O) groups is 1. The summed E-state index contributed by atoms with van der Waals surface area (Å²) in [7, 11) is 3.08. The van der Waals surface area contributed by atoms with Crippen LogP contribution in [-0.4, -0.2) is 62.2 Å². The van der Waals surface area contributed by atoms with Crippen LogP contribution in [-0.2, 0) is 25.4 Å². The molecule has 3 heterocycles. The fourth-order valence-electron chi connectivity index (χ4n) is 4.64. The average Bonchev–Trinajstić information content (AvgIpc) is 3.28. The summed E-state index contributed by atoms with van der Waals surface area (Å²) in [6.45, 7) is 3.00. The van der Waals surface area contributed by atoms with Gasteiger partial charge >= 0.3 is 5.69 Å². The highest BCUT2D eigenvalue weighted by Crippen LogP contribution is 2.23. The number of imidazole rings is 1. The third-order valence-corrected chi connectivity index (χ3v) is 7.26. The van der Waals surface area contributed by atoms with Crippen molar-refractivity contribution in [2.75, 3.05) is 42.9 Å². The molecular formula is C26H27BrFN7O3. The van der Waals surface area contributed by atoms with Crippen molar-refractivity contribution in [1.82, 2.24) is 23.6 Å². The zero-order valence-corrected chi connectivity index (χ0v) is 22.6. The summed E-state index contributed by atoms with van der Waals surface area (Å²) >= 11 is 3.46. The fourth-order valence-corrected chi connectivity index (χ4v) is 4.91. The molecular weight excluding hydrogens is 557 g/mol. The van der Waals surface area contributed by atoms with Crippen LogP contribution in [0.3, 0.4) is 0 Å². The molecule has 0 saturated carbocycles. The van der Waals surface area contributed by atoms with Crippen molar-refractivity contribution >= 4 is 44.6 Å². The lowest BCUT2D eigenvalue weighted by Crippen LogP contribution is -2.49. The van der Waals surface area contributed by atoms with Crippen LogP contribution in [0.5, 0.6) is 0 Å². The lowest BCUT2D eigenvalue weighted by Gasteiger charge is -2.35. The molecule has 0 atom stereocenters. The van der Waals surface area contributed by atoms with E-state index in [0.717, 1.165) is 14.6 Å². The third kappa shape index (κ3) is 5.14. The van der Waals surface area contributed by atoms with E-state index in [1.54, 1.807) is 7.05 Å². The number of carbonyl (C=O) groups excluding carboxylic acids is 1. The highest BCUT2D eigenvalue weighted by atomic mass is 79.9. The Labute approximate surface area is 226 Å². The molecule has 1 fully saturated rings. The van der Waals surface area contributed by atoms with Gasteiger partial charge < -0.3 is 10.2 Å². The summed E-state index contributed by atoms with van der Waals surface area (Å²) < 4.78 is 18.4. The second-order valence-electron chi connectivity index (χ2n) is 9.32. The van der Waals surface area contributed by atoms with Crippen molar-refractivity contribution < 1.29 is 9.18 Å². The fraction of sp³-hybridized carbons (Fsp3) is 0.308. The van der Waals surface area contributed by atoms with Crippen LogP contribution in [0, 0.1) is 5.82 Å². The Morgan fingerprint density at radius 3 is 2.29 bits per heavy atom. The molecule has 0 spiro atoms. The Kier molecular flexibility index (Phi) is 7.17. The van der Waals surface area contributed by atoms with Crippen LogP contribution in [0.25, 0.3) is 11.2 Å². The zero-order valence-electron chi connectivity index (χ0n) is 21.0. The summed E-state index contributed by atoms with van der Waals surface area (Å²) in [6.07, 6.45) is 0. The van der Waals surface area contributed by atoms with Crippen LogP contribution >= 0.6 is 15.9 Å². The maximum Gasteiger partial charge on any atom is 0.332 e. The summed E-state index contributed by atoms with van der Waals surface area (Å²) in [6, 6.07) is 13.5. The second-order valence-corrected chi connectivity index (χ2v) is 10.2. The molecule has 1 aliphatic heterocycles. The molecule has 198 valence electrons. The summed E-state index contributed by atoms with van der Waals surface area (Å²) in [5.41, 5.74) is 1.42. The predicted octanol–water partition coefficient (Wildman–Crippen LogP) is 2.14. The van der Waals surface area contributed by atoms with Gasteiger partial charge in [-0.3, -0.25) is 28.2 Å². The molecule has 5 rings (SSSR count). The Hall–Kier alpha value is -3.77. The Morgan fingerprint density at radius 2 is 1.63 bits per heavy atom. The molecule has 1 N–H and O–H groups in total. The molecule has 0 aliphatic carbocycles. The summed E-state index contributed by atoms with van der Waals surface area (Å²) in [5.74, 6) is 0.0749. The van der Waals surface area contributed by atoms with E-state index in [4.69, 9.17) is 4.98 Å². The molecule has 4 aromatic rings.